The molecule has 0 aromatic heterocycles. The summed E-state index contributed by atoms with van der Waals surface area (Å²) < 4.78 is 10.4. The minimum absolute atomic E-state index is 0.0555. The first-order valence-electron chi connectivity index (χ1n) is 8.31. The highest BCUT2D eigenvalue weighted by Gasteiger charge is 2.42. The summed E-state index contributed by atoms with van der Waals surface area (Å²) in [7, 11) is 0. The molecule has 128 valence electrons. The van der Waals surface area contributed by atoms with E-state index in [9.17, 15) is 9.59 Å². The van der Waals surface area contributed by atoms with Crippen molar-refractivity contribution < 1.29 is 19.1 Å². The van der Waals surface area contributed by atoms with Crippen molar-refractivity contribution in [3.63, 3.8) is 0 Å². The van der Waals surface area contributed by atoms with E-state index in [-0.39, 0.29) is 30.6 Å². The molecule has 1 heterocycles. The van der Waals surface area contributed by atoms with E-state index < -0.39 is 0 Å². The maximum atomic E-state index is 11.9. The van der Waals surface area contributed by atoms with Crippen LogP contribution >= 0.6 is 0 Å². The molecule has 4 heteroatoms. The topological polar surface area (TPSA) is 52.6 Å². The predicted octanol–water partition coefficient (Wildman–Crippen LogP) is 3.62. The van der Waals surface area contributed by atoms with Gasteiger partial charge in [0.15, 0.2) is 0 Å². The highest BCUT2D eigenvalue weighted by atomic mass is 16.6. The van der Waals surface area contributed by atoms with Crippen LogP contribution in [0.1, 0.15) is 30.4 Å². The summed E-state index contributed by atoms with van der Waals surface area (Å²) >= 11 is 0. The Morgan fingerprint density at radius 2 is 1.64 bits per heavy atom. The Balaban J connectivity index is 1.85. The number of rotatable bonds is 6. The van der Waals surface area contributed by atoms with Crippen LogP contribution in [-0.2, 0) is 19.1 Å². The third kappa shape index (κ3) is 3.97. The molecule has 0 aliphatic carbocycles. The average molecular weight is 336 g/mol. The molecule has 25 heavy (non-hydrogen) atoms. The van der Waals surface area contributed by atoms with E-state index in [4.69, 9.17) is 9.47 Å². The van der Waals surface area contributed by atoms with Crippen molar-refractivity contribution in [3.05, 3.63) is 83.4 Å². The Kier molecular flexibility index (Phi) is 5.29. The molecular formula is C21H20O4. The number of esters is 2. The molecule has 2 aromatic carbocycles. The van der Waals surface area contributed by atoms with Crippen LogP contribution in [0.25, 0.3) is 0 Å². The summed E-state index contributed by atoms with van der Waals surface area (Å²) in [5, 5.41) is 0. The van der Waals surface area contributed by atoms with Crippen LogP contribution in [0, 0.1) is 0 Å². The molecular weight excluding hydrogens is 316 g/mol. The van der Waals surface area contributed by atoms with Crippen molar-refractivity contribution in [3.8, 4) is 0 Å². The molecule has 4 nitrogen and oxygen atoms in total. The second-order valence-corrected chi connectivity index (χ2v) is 5.91. The van der Waals surface area contributed by atoms with E-state index in [0.717, 1.165) is 11.1 Å². The fraction of sp³-hybridized carbons (Fsp3) is 0.238. The molecule has 2 aromatic rings. The number of cyclic esters (lactones) is 1. The van der Waals surface area contributed by atoms with Gasteiger partial charge in [0, 0.05) is 13.3 Å². The quantitative estimate of drug-likeness (QED) is 0.459. The number of carbonyl (C=O) groups is 2. The first-order chi connectivity index (χ1) is 12.2. The second kappa shape index (κ2) is 7.79. The van der Waals surface area contributed by atoms with Crippen LogP contribution in [0.2, 0.25) is 0 Å². The van der Waals surface area contributed by atoms with Gasteiger partial charge >= 0.3 is 11.9 Å². The molecule has 1 fully saturated rings. The highest BCUT2D eigenvalue weighted by molar-refractivity contribution is 5.96. The molecule has 1 atom stereocenters. The normalized spacial score (nSPS) is 17.9. The van der Waals surface area contributed by atoms with Gasteiger partial charge in [0.25, 0.3) is 0 Å². The molecule has 1 aliphatic rings. The number of carbonyl (C=O) groups excluding carboxylic acids is 2. The van der Waals surface area contributed by atoms with Gasteiger partial charge < -0.3 is 9.47 Å². The van der Waals surface area contributed by atoms with E-state index in [0.29, 0.717) is 12.0 Å². The smallest absolute Gasteiger partial charge is 0.338 e. The zero-order chi connectivity index (χ0) is 17.6. The Bertz CT molecular complexity index is 725. The zero-order valence-corrected chi connectivity index (χ0v) is 14.1. The van der Waals surface area contributed by atoms with Gasteiger partial charge in [-0.2, -0.15) is 0 Å². The third-order valence-corrected chi connectivity index (χ3v) is 4.18. The summed E-state index contributed by atoms with van der Waals surface area (Å²) in [6.07, 6.45) is 1.99. The lowest BCUT2D eigenvalue weighted by Crippen LogP contribution is -2.41. The van der Waals surface area contributed by atoms with Crippen LogP contribution in [0.5, 0.6) is 0 Å². The maximum absolute atomic E-state index is 11.9. The molecule has 0 N–H and O–H groups in total. The van der Waals surface area contributed by atoms with Crippen molar-refractivity contribution in [1.29, 1.82) is 0 Å². The Morgan fingerprint density at radius 3 is 2.12 bits per heavy atom. The molecule has 0 amide bonds. The molecule has 0 radical (unpaired) electrons. The average Bonchev–Trinajstić information content (AvgIpc) is 2.62. The predicted molar refractivity (Wildman–Crippen MR) is 93.9 cm³/mol. The number of ether oxygens (including phenoxy) is 2. The highest BCUT2D eigenvalue weighted by Crippen LogP contribution is 2.39. The fourth-order valence-electron chi connectivity index (χ4n) is 3.03. The minimum Gasteiger partial charge on any atom is -0.466 e. The van der Waals surface area contributed by atoms with Crippen LogP contribution in [0.3, 0.4) is 0 Å². The summed E-state index contributed by atoms with van der Waals surface area (Å²) in [6.45, 7) is 1.63. The number of hydrogen-bond acceptors (Lipinski definition) is 4. The number of benzene rings is 2. The van der Waals surface area contributed by atoms with Crippen molar-refractivity contribution in [1.82, 2.24) is 0 Å². The van der Waals surface area contributed by atoms with E-state index in [2.05, 4.69) is 0 Å². The summed E-state index contributed by atoms with van der Waals surface area (Å²) in [4.78, 5) is 22.8. The maximum Gasteiger partial charge on any atom is 0.338 e. The number of hydrogen-bond donors (Lipinski definition) is 0. The van der Waals surface area contributed by atoms with Crippen molar-refractivity contribution >= 4 is 11.9 Å². The van der Waals surface area contributed by atoms with Crippen molar-refractivity contribution in [2.75, 3.05) is 6.61 Å². The molecule has 0 spiro atoms. The largest absolute Gasteiger partial charge is 0.466 e. The van der Waals surface area contributed by atoms with Gasteiger partial charge in [0.2, 0.25) is 0 Å². The van der Waals surface area contributed by atoms with Crippen molar-refractivity contribution in [2.45, 2.75) is 25.4 Å². The van der Waals surface area contributed by atoms with Crippen LogP contribution in [-0.4, -0.2) is 24.6 Å². The lowest BCUT2D eigenvalue weighted by Gasteiger charge is -2.36. The van der Waals surface area contributed by atoms with Gasteiger partial charge in [0.05, 0.1) is 18.1 Å². The lowest BCUT2D eigenvalue weighted by atomic mass is 9.81. The van der Waals surface area contributed by atoms with E-state index in [1.165, 1.54) is 6.92 Å². The van der Waals surface area contributed by atoms with Crippen LogP contribution in [0.4, 0.5) is 0 Å². The van der Waals surface area contributed by atoms with Crippen LogP contribution in [0.15, 0.2) is 72.3 Å². The fourth-order valence-corrected chi connectivity index (χ4v) is 3.03. The zero-order valence-electron chi connectivity index (χ0n) is 14.1. The summed E-state index contributed by atoms with van der Waals surface area (Å²) in [5.74, 6) is -0.678. The second-order valence-electron chi connectivity index (χ2n) is 5.91. The first-order valence-corrected chi connectivity index (χ1v) is 8.31. The molecule has 1 unspecified atom stereocenters. The summed E-state index contributed by atoms with van der Waals surface area (Å²) in [6, 6.07) is 20.0. The standard InChI is InChI=1S/C21H20O4/c1-15(22)24-14-8-13-18-20(25-21(18)23)19(16-9-4-2-5-10-16)17-11-6-3-7-12-17/h2-7,9-13,19-20H,8,14H2,1H3/b18-13+. The van der Waals surface area contributed by atoms with Gasteiger partial charge in [-0.1, -0.05) is 66.7 Å². The SMILES string of the molecule is CC(=O)OCC/C=C1/C(=O)OC1C(c1ccccc1)c1ccccc1. The van der Waals surface area contributed by atoms with Gasteiger partial charge in [-0.25, -0.2) is 4.79 Å². The van der Waals surface area contributed by atoms with Gasteiger partial charge in [-0.3, -0.25) is 4.79 Å². The molecule has 0 bridgehead atoms. The third-order valence-electron chi connectivity index (χ3n) is 4.18. The van der Waals surface area contributed by atoms with E-state index in [1.807, 2.05) is 66.7 Å². The Hall–Kier alpha value is -2.88. The molecule has 1 aliphatic heterocycles. The van der Waals surface area contributed by atoms with Crippen molar-refractivity contribution in [2.24, 2.45) is 0 Å². The summed E-state index contributed by atoms with van der Waals surface area (Å²) in [5.41, 5.74) is 2.83. The monoisotopic (exact) mass is 336 g/mol. The van der Waals surface area contributed by atoms with Crippen LogP contribution < -0.4 is 0 Å². The lowest BCUT2D eigenvalue weighted by molar-refractivity contribution is -0.157. The molecule has 0 saturated carbocycles. The Labute approximate surface area is 147 Å². The minimum atomic E-state index is -0.324. The van der Waals surface area contributed by atoms with E-state index in [1.54, 1.807) is 0 Å². The van der Waals surface area contributed by atoms with E-state index >= 15 is 0 Å². The van der Waals surface area contributed by atoms with Gasteiger partial charge in [-0.15, -0.1) is 0 Å². The first kappa shape index (κ1) is 17.0. The Morgan fingerprint density at radius 1 is 1.08 bits per heavy atom. The van der Waals surface area contributed by atoms with Gasteiger partial charge in [-0.05, 0) is 11.1 Å². The molecule has 1 saturated heterocycles. The van der Waals surface area contributed by atoms with Gasteiger partial charge in [0.1, 0.15) is 6.10 Å². The molecule has 3 rings (SSSR count).